The van der Waals surface area contributed by atoms with Crippen LogP contribution in [-0.2, 0) is 23.1 Å². The lowest BCUT2D eigenvalue weighted by atomic mass is 10.4. The molecule has 5 nitrogen and oxygen atoms in total. The van der Waals surface area contributed by atoms with Gasteiger partial charge < -0.3 is 5.73 Å². The van der Waals surface area contributed by atoms with Gasteiger partial charge in [-0.3, -0.25) is 0 Å². The molecule has 2 heterocycles. The number of nitrogens with two attached hydrogens (primary N) is 1. The van der Waals surface area contributed by atoms with Gasteiger partial charge >= 0.3 is 0 Å². The third-order valence-corrected chi connectivity index (χ3v) is 6.19. The number of aryl methyl sites for hydroxylation is 2. The zero-order valence-electron chi connectivity index (χ0n) is 10.6. The van der Waals surface area contributed by atoms with Gasteiger partial charge in [0.2, 0.25) is 10.0 Å². The quantitative estimate of drug-likeness (QED) is 0.880. The van der Waals surface area contributed by atoms with Crippen molar-refractivity contribution in [3.63, 3.8) is 0 Å². The molecule has 0 radical (unpaired) electrons. The Labute approximate surface area is 120 Å². The van der Waals surface area contributed by atoms with Crippen LogP contribution in [0.1, 0.15) is 20.5 Å². The van der Waals surface area contributed by atoms with E-state index in [9.17, 15) is 8.42 Å². The molecule has 0 bridgehead atoms. The zero-order chi connectivity index (χ0) is 14.0. The van der Waals surface area contributed by atoms with Crippen LogP contribution in [0.15, 0.2) is 16.3 Å². The van der Waals surface area contributed by atoms with Crippen molar-refractivity contribution in [2.24, 2.45) is 5.73 Å². The molecule has 0 unspecified atom stereocenters. The van der Waals surface area contributed by atoms with Gasteiger partial charge in [0.1, 0.15) is 5.01 Å². The standard InChI is InChI=1S/C11H15N3O2S3/c1-7-6-17-11(14-7)5-13-19(15,16)10-3-9(4-12)18-8(10)2/h3,6,13H,4-5,12H2,1-2H3. The third-order valence-electron chi connectivity index (χ3n) is 2.49. The Balaban J connectivity index is 2.15. The van der Waals surface area contributed by atoms with Crippen LogP contribution in [0, 0.1) is 13.8 Å². The summed E-state index contributed by atoms with van der Waals surface area (Å²) >= 11 is 2.85. The molecule has 104 valence electrons. The summed E-state index contributed by atoms with van der Waals surface area (Å²) < 4.78 is 27.0. The fraction of sp³-hybridized carbons (Fsp3) is 0.364. The van der Waals surface area contributed by atoms with E-state index in [4.69, 9.17) is 5.73 Å². The molecule has 0 saturated carbocycles. The minimum Gasteiger partial charge on any atom is -0.326 e. The van der Waals surface area contributed by atoms with Crippen LogP contribution in [0.4, 0.5) is 0 Å². The second-order valence-corrected chi connectivity index (χ2v) is 8.06. The molecule has 0 fully saturated rings. The number of hydrogen-bond acceptors (Lipinski definition) is 6. The van der Waals surface area contributed by atoms with E-state index in [-0.39, 0.29) is 6.54 Å². The van der Waals surface area contributed by atoms with Crippen molar-refractivity contribution >= 4 is 32.7 Å². The summed E-state index contributed by atoms with van der Waals surface area (Å²) in [5, 5.41) is 2.65. The summed E-state index contributed by atoms with van der Waals surface area (Å²) in [5.41, 5.74) is 6.43. The average Bonchev–Trinajstić information content (AvgIpc) is 2.93. The molecule has 19 heavy (non-hydrogen) atoms. The second kappa shape index (κ2) is 5.68. The number of rotatable bonds is 5. The number of sulfonamides is 1. The second-order valence-electron chi connectivity index (χ2n) is 4.04. The molecule has 0 aromatic carbocycles. The maximum Gasteiger partial charge on any atom is 0.242 e. The normalized spacial score (nSPS) is 11.9. The largest absolute Gasteiger partial charge is 0.326 e. The Morgan fingerprint density at radius 2 is 2.16 bits per heavy atom. The first-order valence-corrected chi connectivity index (χ1v) is 8.80. The minimum atomic E-state index is -3.50. The molecule has 0 spiro atoms. The van der Waals surface area contributed by atoms with Crippen LogP contribution in [-0.4, -0.2) is 13.4 Å². The van der Waals surface area contributed by atoms with Gasteiger partial charge in [0.15, 0.2) is 0 Å². The monoisotopic (exact) mass is 317 g/mol. The topological polar surface area (TPSA) is 85.1 Å². The third kappa shape index (κ3) is 3.40. The van der Waals surface area contributed by atoms with Gasteiger partial charge in [-0.15, -0.1) is 22.7 Å². The van der Waals surface area contributed by atoms with Crippen molar-refractivity contribution in [2.45, 2.75) is 31.8 Å². The van der Waals surface area contributed by atoms with E-state index in [0.717, 1.165) is 20.5 Å². The van der Waals surface area contributed by atoms with E-state index in [1.54, 1.807) is 13.0 Å². The highest BCUT2D eigenvalue weighted by atomic mass is 32.2. The van der Waals surface area contributed by atoms with Gasteiger partial charge in [-0.25, -0.2) is 18.1 Å². The van der Waals surface area contributed by atoms with Crippen LogP contribution in [0.25, 0.3) is 0 Å². The lowest BCUT2D eigenvalue weighted by Crippen LogP contribution is -2.23. The molecule has 0 saturated heterocycles. The molecule has 0 aliphatic carbocycles. The SMILES string of the molecule is Cc1csc(CNS(=O)(=O)c2cc(CN)sc2C)n1. The molecule has 0 atom stereocenters. The van der Waals surface area contributed by atoms with Gasteiger partial charge in [0, 0.05) is 27.4 Å². The molecule has 3 N–H and O–H groups in total. The summed E-state index contributed by atoms with van der Waals surface area (Å²) in [7, 11) is -3.50. The lowest BCUT2D eigenvalue weighted by Gasteiger charge is -2.04. The summed E-state index contributed by atoms with van der Waals surface area (Å²) in [6, 6.07) is 1.63. The van der Waals surface area contributed by atoms with Gasteiger partial charge in [-0.05, 0) is 19.9 Å². The van der Waals surface area contributed by atoms with E-state index in [0.29, 0.717) is 11.4 Å². The molecule has 2 aromatic heterocycles. The first-order valence-electron chi connectivity index (χ1n) is 5.62. The number of hydrogen-bond donors (Lipinski definition) is 2. The van der Waals surface area contributed by atoms with E-state index < -0.39 is 10.0 Å². The number of nitrogens with zero attached hydrogens (tertiary/aromatic N) is 1. The Morgan fingerprint density at radius 3 is 2.68 bits per heavy atom. The van der Waals surface area contributed by atoms with Crippen LogP contribution < -0.4 is 10.5 Å². The molecule has 0 aliphatic heterocycles. The van der Waals surface area contributed by atoms with Crippen molar-refractivity contribution in [1.82, 2.24) is 9.71 Å². The van der Waals surface area contributed by atoms with Gasteiger partial charge in [-0.1, -0.05) is 0 Å². The number of nitrogens with one attached hydrogen (secondary N) is 1. The van der Waals surface area contributed by atoms with Crippen LogP contribution >= 0.6 is 22.7 Å². The Hall–Kier alpha value is -0.800. The highest BCUT2D eigenvalue weighted by molar-refractivity contribution is 7.89. The van der Waals surface area contributed by atoms with Crippen molar-refractivity contribution in [1.29, 1.82) is 0 Å². The highest BCUT2D eigenvalue weighted by Gasteiger charge is 2.19. The molecule has 2 aromatic rings. The molecule has 0 amide bonds. The molecule has 0 aliphatic rings. The van der Waals surface area contributed by atoms with Crippen LogP contribution in [0.2, 0.25) is 0 Å². The van der Waals surface area contributed by atoms with Crippen molar-refractivity contribution in [2.75, 3.05) is 0 Å². The highest BCUT2D eigenvalue weighted by Crippen LogP contribution is 2.25. The first kappa shape index (κ1) is 14.6. The number of aromatic nitrogens is 1. The predicted molar refractivity (Wildman–Crippen MR) is 77.8 cm³/mol. The van der Waals surface area contributed by atoms with Crippen molar-refractivity contribution < 1.29 is 8.42 Å². The van der Waals surface area contributed by atoms with E-state index in [1.165, 1.54) is 22.7 Å². The first-order chi connectivity index (χ1) is 8.92. The number of thiophene rings is 1. The van der Waals surface area contributed by atoms with Gasteiger partial charge in [-0.2, -0.15) is 0 Å². The summed E-state index contributed by atoms with van der Waals surface area (Å²) in [4.78, 5) is 6.15. The van der Waals surface area contributed by atoms with Crippen molar-refractivity contribution in [3.8, 4) is 0 Å². The summed E-state index contributed by atoms with van der Waals surface area (Å²) in [6.45, 7) is 4.23. The molecular weight excluding hydrogens is 302 g/mol. The maximum absolute atomic E-state index is 12.2. The van der Waals surface area contributed by atoms with Crippen LogP contribution in [0.3, 0.4) is 0 Å². The Morgan fingerprint density at radius 1 is 1.42 bits per heavy atom. The fourth-order valence-electron chi connectivity index (χ4n) is 1.61. The molecule has 2 rings (SSSR count). The molecular formula is C11H15N3O2S3. The summed E-state index contributed by atoms with van der Waals surface area (Å²) in [6.07, 6.45) is 0. The van der Waals surface area contributed by atoms with E-state index in [1.807, 2.05) is 12.3 Å². The smallest absolute Gasteiger partial charge is 0.242 e. The maximum atomic E-state index is 12.2. The van der Waals surface area contributed by atoms with E-state index in [2.05, 4.69) is 9.71 Å². The minimum absolute atomic E-state index is 0.216. The Kier molecular flexibility index (Phi) is 4.36. The Bertz CT molecular complexity index is 673. The van der Waals surface area contributed by atoms with Gasteiger partial charge in [0.05, 0.1) is 11.4 Å². The lowest BCUT2D eigenvalue weighted by molar-refractivity contribution is 0.581. The van der Waals surface area contributed by atoms with E-state index >= 15 is 0 Å². The van der Waals surface area contributed by atoms with Crippen LogP contribution in [0.5, 0.6) is 0 Å². The average molecular weight is 317 g/mol. The predicted octanol–water partition coefficient (Wildman–Crippen LogP) is 1.76. The zero-order valence-corrected chi connectivity index (χ0v) is 13.1. The number of thiazole rings is 1. The summed E-state index contributed by atoms with van der Waals surface area (Å²) in [5.74, 6) is 0. The molecule has 8 heteroatoms. The van der Waals surface area contributed by atoms with Gasteiger partial charge in [0.25, 0.3) is 0 Å². The van der Waals surface area contributed by atoms with Crippen molar-refractivity contribution in [3.05, 3.63) is 31.9 Å². The fourth-order valence-corrected chi connectivity index (χ4v) is 4.91.